The van der Waals surface area contributed by atoms with E-state index in [0.717, 1.165) is 0 Å². The molecule has 118 valence electrons. The maximum Gasteiger partial charge on any atom is 0.339 e. The number of hydrogen-bond acceptors (Lipinski definition) is 3. The zero-order chi connectivity index (χ0) is 16.7. The molecule has 0 bridgehead atoms. The Morgan fingerprint density at radius 2 is 2.17 bits per heavy atom. The van der Waals surface area contributed by atoms with Gasteiger partial charge < -0.3 is 14.4 Å². The van der Waals surface area contributed by atoms with Crippen LogP contribution >= 0.6 is 27.5 Å². The molecule has 0 saturated carbocycles. The number of carboxylic acids is 1. The Bertz CT molecular complexity index is 942. The molecule has 1 aromatic heterocycles. The fraction of sp³-hybridized carbons (Fsp3) is 0.0667. The average Bonchev–Trinajstić information content (AvgIpc) is 2.85. The lowest BCUT2D eigenvalue weighted by molar-refractivity contribution is 0.0693. The minimum Gasteiger partial charge on any atom is -0.478 e. The summed E-state index contributed by atoms with van der Waals surface area (Å²) in [4.78, 5) is 15.4. The molecule has 3 rings (SSSR count). The molecule has 0 spiro atoms. The van der Waals surface area contributed by atoms with Crippen LogP contribution in [0, 0.1) is 5.82 Å². The highest BCUT2D eigenvalue weighted by molar-refractivity contribution is 9.10. The number of carbonyl (C=O) groups is 1. The number of rotatable bonds is 3. The second kappa shape index (κ2) is 5.82. The van der Waals surface area contributed by atoms with Crippen LogP contribution in [-0.2, 0) is 7.05 Å². The monoisotopic (exact) mass is 398 g/mol. The van der Waals surface area contributed by atoms with E-state index in [1.807, 2.05) is 0 Å². The van der Waals surface area contributed by atoms with Crippen LogP contribution in [0.2, 0.25) is 5.02 Å². The third-order valence-electron chi connectivity index (χ3n) is 3.25. The van der Waals surface area contributed by atoms with Crippen molar-refractivity contribution in [1.29, 1.82) is 0 Å². The van der Waals surface area contributed by atoms with Crippen molar-refractivity contribution in [3.05, 3.63) is 51.5 Å². The second-order valence-corrected chi connectivity index (χ2v) is 6.10. The van der Waals surface area contributed by atoms with Crippen molar-refractivity contribution in [3.63, 3.8) is 0 Å². The Morgan fingerprint density at radius 3 is 2.83 bits per heavy atom. The number of carboxylic acid groups (broad SMARTS) is 1. The normalized spacial score (nSPS) is 11.0. The fourth-order valence-electron chi connectivity index (χ4n) is 2.13. The number of hydrogen-bond donors (Lipinski definition) is 1. The summed E-state index contributed by atoms with van der Waals surface area (Å²) < 4.78 is 22.4. The number of aromatic carboxylic acids is 1. The van der Waals surface area contributed by atoms with E-state index in [1.54, 1.807) is 19.2 Å². The zero-order valence-corrected chi connectivity index (χ0v) is 14.0. The van der Waals surface area contributed by atoms with E-state index < -0.39 is 17.5 Å². The van der Waals surface area contributed by atoms with E-state index in [-0.39, 0.29) is 21.9 Å². The molecule has 2 aromatic carbocycles. The van der Waals surface area contributed by atoms with Crippen molar-refractivity contribution in [2.24, 2.45) is 7.05 Å². The van der Waals surface area contributed by atoms with Gasteiger partial charge in [-0.2, -0.15) is 0 Å². The van der Waals surface area contributed by atoms with Gasteiger partial charge in [-0.05, 0) is 24.3 Å². The summed E-state index contributed by atoms with van der Waals surface area (Å²) in [5.41, 5.74) is 0.0764. The number of aryl methyl sites for hydroxylation is 1. The van der Waals surface area contributed by atoms with Gasteiger partial charge in [0.1, 0.15) is 16.8 Å². The van der Waals surface area contributed by atoms with Crippen molar-refractivity contribution in [2.45, 2.75) is 0 Å². The molecule has 0 unspecified atom stereocenters. The van der Waals surface area contributed by atoms with Crippen molar-refractivity contribution >= 4 is 44.5 Å². The van der Waals surface area contributed by atoms with E-state index in [1.165, 1.54) is 23.0 Å². The summed E-state index contributed by atoms with van der Waals surface area (Å²) in [5, 5.41) is 9.57. The minimum absolute atomic E-state index is 0.0285. The Balaban J connectivity index is 2.21. The lowest BCUT2D eigenvalue weighted by Gasteiger charge is -2.12. The van der Waals surface area contributed by atoms with Crippen LogP contribution in [0.25, 0.3) is 11.0 Å². The summed E-state index contributed by atoms with van der Waals surface area (Å²) in [6.45, 7) is 0. The average molecular weight is 400 g/mol. The summed E-state index contributed by atoms with van der Waals surface area (Å²) >= 11 is 9.29. The minimum atomic E-state index is -1.31. The molecule has 1 N–H and O–H groups in total. The number of halogens is 3. The number of ether oxygens (including phenoxy) is 1. The predicted octanol–water partition coefficient (Wildman–Crippen LogP) is 4.62. The first-order chi connectivity index (χ1) is 10.9. The molecule has 0 aliphatic carbocycles. The molecule has 0 aliphatic rings. The van der Waals surface area contributed by atoms with Gasteiger partial charge in [-0.25, -0.2) is 14.2 Å². The first kappa shape index (κ1) is 15.8. The molecular weight excluding hydrogens is 391 g/mol. The van der Waals surface area contributed by atoms with E-state index >= 15 is 0 Å². The van der Waals surface area contributed by atoms with Crippen LogP contribution in [0.1, 0.15) is 10.4 Å². The maximum absolute atomic E-state index is 14.7. The van der Waals surface area contributed by atoms with Crippen LogP contribution in [0.4, 0.5) is 4.39 Å². The van der Waals surface area contributed by atoms with Crippen LogP contribution < -0.4 is 4.74 Å². The predicted molar refractivity (Wildman–Crippen MR) is 86.9 cm³/mol. The topological polar surface area (TPSA) is 64.4 Å². The fourth-order valence-corrected chi connectivity index (χ4v) is 2.85. The molecular formula is C15H9BrClFN2O3. The molecule has 0 fully saturated rings. The van der Waals surface area contributed by atoms with E-state index in [0.29, 0.717) is 9.99 Å². The van der Waals surface area contributed by atoms with Crippen LogP contribution in [0.3, 0.4) is 0 Å². The highest BCUT2D eigenvalue weighted by Crippen LogP contribution is 2.37. The van der Waals surface area contributed by atoms with Gasteiger partial charge in [0.2, 0.25) is 0 Å². The number of benzene rings is 2. The molecule has 0 saturated heterocycles. The van der Waals surface area contributed by atoms with E-state index in [9.17, 15) is 14.3 Å². The molecule has 0 aliphatic heterocycles. The standard InChI is InChI=1S/C15H9BrClFN2O3/c1-20-6-19-13-10(20)5-8(15(21)22)14(12(13)18)23-11-3-2-7(16)4-9(11)17/h2-6H,1H3,(H,21,22). The SMILES string of the molecule is Cn1cnc2c(F)c(Oc3ccc(Br)cc3Cl)c(C(=O)O)cc21. The van der Waals surface area contributed by atoms with Gasteiger partial charge in [0.25, 0.3) is 0 Å². The van der Waals surface area contributed by atoms with Crippen molar-refractivity contribution in [3.8, 4) is 11.5 Å². The Morgan fingerprint density at radius 1 is 1.43 bits per heavy atom. The molecule has 0 atom stereocenters. The van der Waals surface area contributed by atoms with Gasteiger partial charge in [-0.15, -0.1) is 0 Å². The van der Waals surface area contributed by atoms with E-state index in [2.05, 4.69) is 20.9 Å². The largest absolute Gasteiger partial charge is 0.478 e. The van der Waals surface area contributed by atoms with Gasteiger partial charge >= 0.3 is 5.97 Å². The highest BCUT2D eigenvalue weighted by atomic mass is 79.9. The van der Waals surface area contributed by atoms with Crippen molar-refractivity contribution < 1.29 is 19.0 Å². The van der Waals surface area contributed by atoms with Crippen LogP contribution in [0.5, 0.6) is 11.5 Å². The molecule has 23 heavy (non-hydrogen) atoms. The van der Waals surface area contributed by atoms with Crippen molar-refractivity contribution in [2.75, 3.05) is 0 Å². The van der Waals surface area contributed by atoms with Crippen LogP contribution in [-0.4, -0.2) is 20.6 Å². The molecule has 0 amide bonds. The molecule has 3 aromatic rings. The number of nitrogens with zero attached hydrogens (tertiary/aromatic N) is 2. The third kappa shape index (κ3) is 2.77. The summed E-state index contributed by atoms with van der Waals surface area (Å²) in [6, 6.07) is 6.04. The summed E-state index contributed by atoms with van der Waals surface area (Å²) in [6.07, 6.45) is 1.40. The van der Waals surface area contributed by atoms with E-state index in [4.69, 9.17) is 16.3 Å². The Labute approximate surface area is 143 Å². The Kier molecular flexibility index (Phi) is 3.99. The van der Waals surface area contributed by atoms with Gasteiger partial charge in [-0.3, -0.25) is 0 Å². The second-order valence-electron chi connectivity index (χ2n) is 4.77. The third-order valence-corrected chi connectivity index (χ3v) is 4.04. The highest BCUT2D eigenvalue weighted by Gasteiger charge is 2.23. The smallest absolute Gasteiger partial charge is 0.339 e. The number of imidazole rings is 1. The van der Waals surface area contributed by atoms with Gasteiger partial charge in [0.15, 0.2) is 11.6 Å². The number of fused-ring (bicyclic) bond motifs is 1. The first-order valence-corrected chi connectivity index (χ1v) is 7.55. The molecule has 1 heterocycles. The van der Waals surface area contributed by atoms with Crippen molar-refractivity contribution in [1.82, 2.24) is 9.55 Å². The Hall–Kier alpha value is -2.12. The summed E-state index contributed by atoms with van der Waals surface area (Å²) in [7, 11) is 1.65. The zero-order valence-electron chi connectivity index (χ0n) is 11.7. The quantitative estimate of drug-likeness (QED) is 0.698. The first-order valence-electron chi connectivity index (χ1n) is 6.38. The van der Waals surface area contributed by atoms with Gasteiger partial charge in [0.05, 0.1) is 16.9 Å². The summed E-state index contributed by atoms with van der Waals surface area (Å²) in [5.74, 6) is -2.44. The molecule has 8 heteroatoms. The van der Waals surface area contributed by atoms with Gasteiger partial charge in [0, 0.05) is 11.5 Å². The molecule has 5 nitrogen and oxygen atoms in total. The van der Waals surface area contributed by atoms with Crippen LogP contribution in [0.15, 0.2) is 35.1 Å². The number of aromatic nitrogens is 2. The lowest BCUT2D eigenvalue weighted by Crippen LogP contribution is -2.04. The van der Waals surface area contributed by atoms with Gasteiger partial charge in [-0.1, -0.05) is 27.5 Å². The molecule has 0 radical (unpaired) electrons. The lowest BCUT2D eigenvalue weighted by atomic mass is 10.1. The maximum atomic E-state index is 14.7.